The molecular formula is C18H19FN2O2S. The predicted octanol–water partition coefficient (Wildman–Crippen LogP) is 3.83. The first-order chi connectivity index (χ1) is 11.4. The number of nitrogens with one attached hydrogen (secondary N) is 2. The summed E-state index contributed by atoms with van der Waals surface area (Å²) in [5.74, 6) is -0.606. The van der Waals surface area contributed by atoms with Crippen molar-refractivity contribution in [3.8, 4) is 0 Å². The topological polar surface area (TPSA) is 58.2 Å². The van der Waals surface area contributed by atoms with Crippen LogP contribution >= 0.6 is 11.8 Å². The van der Waals surface area contributed by atoms with Crippen LogP contribution in [0.25, 0.3) is 0 Å². The molecule has 0 spiro atoms. The van der Waals surface area contributed by atoms with Crippen molar-refractivity contribution >= 4 is 35.0 Å². The normalized spacial score (nSPS) is 11.6. The molecule has 0 aliphatic heterocycles. The number of carbonyl (C=O) groups is 2. The maximum Gasteiger partial charge on any atom is 0.237 e. The Morgan fingerprint density at radius 2 is 1.79 bits per heavy atom. The van der Waals surface area contributed by atoms with Gasteiger partial charge >= 0.3 is 0 Å². The third kappa shape index (κ3) is 5.70. The van der Waals surface area contributed by atoms with Crippen molar-refractivity contribution in [2.75, 3.05) is 16.4 Å². The highest BCUT2D eigenvalue weighted by Gasteiger charge is 2.15. The van der Waals surface area contributed by atoms with Crippen molar-refractivity contribution < 1.29 is 14.0 Å². The van der Waals surface area contributed by atoms with Crippen LogP contribution in [0.4, 0.5) is 15.8 Å². The van der Waals surface area contributed by atoms with Gasteiger partial charge in [0.2, 0.25) is 11.8 Å². The smallest absolute Gasteiger partial charge is 0.237 e. The lowest BCUT2D eigenvalue weighted by atomic mass is 10.2. The molecule has 0 heterocycles. The van der Waals surface area contributed by atoms with Gasteiger partial charge in [-0.15, -0.1) is 11.8 Å². The molecule has 4 nitrogen and oxygen atoms in total. The summed E-state index contributed by atoms with van der Waals surface area (Å²) in [6.45, 7) is 3.70. The number of amides is 2. The zero-order valence-electron chi connectivity index (χ0n) is 13.5. The summed E-state index contributed by atoms with van der Waals surface area (Å²) in [6.07, 6.45) is 0. The molecule has 6 heteroatoms. The summed E-state index contributed by atoms with van der Waals surface area (Å²) in [7, 11) is 0. The van der Waals surface area contributed by atoms with E-state index in [-0.39, 0.29) is 28.6 Å². The van der Waals surface area contributed by atoms with E-state index in [1.807, 2.05) is 31.2 Å². The van der Waals surface area contributed by atoms with Gasteiger partial charge in [0.25, 0.3) is 0 Å². The van der Waals surface area contributed by atoms with Crippen molar-refractivity contribution in [1.29, 1.82) is 0 Å². The monoisotopic (exact) mass is 346 g/mol. The Bertz CT molecular complexity index is 719. The molecule has 0 radical (unpaired) electrons. The second-order valence-corrected chi connectivity index (χ2v) is 6.70. The second-order valence-electron chi connectivity index (χ2n) is 5.37. The molecule has 2 aromatic carbocycles. The first-order valence-corrected chi connectivity index (χ1v) is 8.53. The van der Waals surface area contributed by atoms with Crippen LogP contribution in [0.3, 0.4) is 0 Å². The van der Waals surface area contributed by atoms with Crippen LogP contribution in [0, 0.1) is 12.7 Å². The van der Waals surface area contributed by atoms with Crippen LogP contribution in [0.2, 0.25) is 0 Å². The average Bonchev–Trinajstić information content (AvgIpc) is 2.54. The highest BCUT2D eigenvalue weighted by molar-refractivity contribution is 8.01. The Labute approximate surface area is 144 Å². The fourth-order valence-corrected chi connectivity index (χ4v) is 2.66. The number of rotatable bonds is 6. The largest absolute Gasteiger partial charge is 0.325 e. The first kappa shape index (κ1) is 18.0. The molecule has 1 atom stereocenters. The molecule has 2 aromatic rings. The van der Waals surface area contributed by atoms with Crippen LogP contribution in [0.15, 0.2) is 48.5 Å². The minimum Gasteiger partial charge on any atom is -0.325 e. The fraction of sp³-hybridized carbons (Fsp3) is 0.222. The minimum atomic E-state index is -0.371. The Morgan fingerprint density at radius 3 is 2.46 bits per heavy atom. The van der Waals surface area contributed by atoms with Gasteiger partial charge in [-0.05, 0) is 55.8 Å². The van der Waals surface area contributed by atoms with Gasteiger partial charge in [0.15, 0.2) is 0 Å². The van der Waals surface area contributed by atoms with Crippen LogP contribution in [-0.2, 0) is 9.59 Å². The van der Waals surface area contributed by atoms with E-state index in [0.717, 1.165) is 11.3 Å². The van der Waals surface area contributed by atoms with E-state index in [9.17, 15) is 14.0 Å². The summed E-state index contributed by atoms with van der Waals surface area (Å²) in [5.41, 5.74) is 2.33. The van der Waals surface area contributed by atoms with Crippen LogP contribution in [0.1, 0.15) is 12.5 Å². The predicted molar refractivity (Wildman–Crippen MR) is 96.8 cm³/mol. The Balaban J connectivity index is 1.79. The molecule has 0 aliphatic carbocycles. The van der Waals surface area contributed by atoms with E-state index in [1.165, 1.54) is 36.0 Å². The Morgan fingerprint density at radius 1 is 1.08 bits per heavy atom. The molecule has 0 saturated heterocycles. The summed E-state index contributed by atoms with van der Waals surface area (Å²) in [4.78, 5) is 24.0. The highest BCUT2D eigenvalue weighted by Crippen LogP contribution is 2.16. The van der Waals surface area contributed by atoms with Gasteiger partial charge in [-0.25, -0.2) is 4.39 Å². The van der Waals surface area contributed by atoms with E-state index < -0.39 is 0 Å². The lowest BCUT2D eigenvalue weighted by molar-refractivity contribution is -0.115. The Kier molecular flexibility index (Phi) is 6.37. The van der Waals surface area contributed by atoms with Crippen LogP contribution < -0.4 is 10.6 Å². The molecule has 0 aliphatic rings. The highest BCUT2D eigenvalue weighted by atomic mass is 32.2. The number of hydrogen-bond acceptors (Lipinski definition) is 3. The number of hydrogen-bond donors (Lipinski definition) is 2. The number of thioether (sulfide) groups is 1. The molecule has 2 rings (SSSR count). The lowest BCUT2D eigenvalue weighted by Crippen LogP contribution is -2.25. The van der Waals surface area contributed by atoms with Crippen molar-refractivity contribution in [3.63, 3.8) is 0 Å². The van der Waals surface area contributed by atoms with Crippen molar-refractivity contribution in [1.82, 2.24) is 0 Å². The molecule has 0 unspecified atom stereocenters. The number of anilines is 2. The molecule has 0 fully saturated rings. The van der Waals surface area contributed by atoms with Crippen molar-refractivity contribution in [3.05, 3.63) is 59.9 Å². The molecule has 0 aromatic heterocycles. The maximum absolute atomic E-state index is 12.8. The van der Waals surface area contributed by atoms with Crippen LogP contribution in [-0.4, -0.2) is 22.8 Å². The summed E-state index contributed by atoms with van der Waals surface area (Å²) in [5, 5.41) is 5.12. The minimum absolute atomic E-state index is 0.139. The van der Waals surface area contributed by atoms with Crippen molar-refractivity contribution in [2.45, 2.75) is 19.1 Å². The van der Waals surface area contributed by atoms with Gasteiger partial charge in [0.05, 0.1) is 11.0 Å². The summed E-state index contributed by atoms with van der Waals surface area (Å²) < 4.78 is 12.8. The van der Waals surface area contributed by atoms with E-state index in [2.05, 4.69) is 10.6 Å². The number of benzene rings is 2. The van der Waals surface area contributed by atoms with Crippen molar-refractivity contribution in [2.24, 2.45) is 0 Å². The summed E-state index contributed by atoms with van der Waals surface area (Å²) in [6, 6.07) is 13.1. The first-order valence-electron chi connectivity index (χ1n) is 7.48. The second kappa shape index (κ2) is 8.49. The van der Waals surface area contributed by atoms with Gasteiger partial charge in [0.1, 0.15) is 5.82 Å². The van der Waals surface area contributed by atoms with Crippen LogP contribution in [0.5, 0.6) is 0 Å². The lowest BCUT2D eigenvalue weighted by Gasteiger charge is -2.12. The third-order valence-electron chi connectivity index (χ3n) is 3.25. The standard InChI is InChI=1S/C18H19FN2O2S/c1-12-4-3-5-16(10-12)21-18(23)13(2)24-11-17(22)20-15-8-6-14(19)7-9-15/h3-10,13H,11H2,1-2H3,(H,20,22)(H,21,23)/t13-/m1/s1. The van der Waals surface area contributed by atoms with Gasteiger partial charge in [-0.1, -0.05) is 12.1 Å². The molecule has 0 saturated carbocycles. The van der Waals surface area contributed by atoms with Gasteiger partial charge < -0.3 is 10.6 Å². The molecule has 2 amide bonds. The zero-order valence-corrected chi connectivity index (χ0v) is 14.3. The van der Waals surface area contributed by atoms with E-state index in [1.54, 1.807) is 6.92 Å². The van der Waals surface area contributed by atoms with E-state index in [4.69, 9.17) is 0 Å². The summed E-state index contributed by atoms with van der Waals surface area (Å²) >= 11 is 1.24. The SMILES string of the molecule is Cc1cccc(NC(=O)[C@@H](C)SCC(=O)Nc2ccc(F)cc2)c1. The average molecular weight is 346 g/mol. The Hall–Kier alpha value is -2.34. The number of halogens is 1. The molecule has 126 valence electrons. The maximum atomic E-state index is 12.8. The number of carbonyl (C=O) groups excluding carboxylic acids is 2. The number of aryl methyl sites for hydroxylation is 1. The van der Waals surface area contributed by atoms with Gasteiger partial charge in [0, 0.05) is 11.4 Å². The molecule has 24 heavy (non-hydrogen) atoms. The van der Waals surface area contributed by atoms with Gasteiger partial charge in [-0.2, -0.15) is 0 Å². The van der Waals surface area contributed by atoms with E-state index in [0.29, 0.717) is 5.69 Å². The third-order valence-corrected chi connectivity index (χ3v) is 4.39. The molecule has 2 N–H and O–H groups in total. The molecular weight excluding hydrogens is 327 g/mol. The fourth-order valence-electron chi connectivity index (χ4n) is 1.97. The zero-order chi connectivity index (χ0) is 17.5. The molecule has 0 bridgehead atoms. The van der Waals surface area contributed by atoms with E-state index >= 15 is 0 Å². The quantitative estimate of drug-likeness (QED) is 0.836. The van der Waals surface area contributed by atoms with Gasteiger partial charge in [-0.3, -0.25) is 9.59 Å².